The van der Waals surface area contributed by atoms with Crippen molar-refractivity contribution < 1.29 is 9.53 Å². The predicted octanol–water partition coefficient (Wildman–Crippen LogP) is 4.22. The zero-order chi connectivity index (χ0) is 14.5. The second kappa shape index (κ2) is 8.00. The molecule has 0 amide bonds. The molecule has 21 heavy (non-hydrogen) atoms. The molecule has 6 heteroatoms. The number of hydrogen-bond donors (Lipinski definition) is 1. The summed E-state index contributed by atoms with van der Waals surface area (Å²) in [5, 5.41) is 4.05. The Balaban J connectivity index is 0.00000220. The summed E-state index contributed by atoms with van der Waals surface area (Å²) in [5.74, 6) is -0.303. The van der Waals surface area contributed by atoms with Crippen LogP contribution in [0, 0.1) is 6.92 Å². The quantitative estimate of drug-likeness (QED) is 0.836. The normalized spacial score (nSPS) is 11.4. The van der Waals surface area contributed by atoms with Crippen molar-refractivity contribution in [3.8, 4) is 0 Å². The third kappa shape index (κ3) is 4.44. The molecule has 4 nitrogen and oxygen atoms in total. The van der Waals surface area contributed by atoms with Crippen molar-refractivity contribution in [2.75, 3.05) is 11.9 Å². The van der Waals surface area contributed by atoms with Crippen LogP contribution in [-0.4, -0.2) is 17.6 Å². The van der Waals surface area contributed by atoms with Gasteiger partial charge < -0.3 is 10.1 Å². The summed E-state index contributed by atoms with van der Waals surface area (Å²) in [6.07, 6.45) is 0. The third-order valence-electron chi connectivity index (χ3n) is 2.90. The van der Waals surface area contributed by atoms with Gasteiger partial charge in [-0.05, 0) is 26.3 Å². The first kappa shape index (κ1) is 17.5. The third-order valence-corrected chi connectivity index (χ3v) is 3.97. The van der Waals surface area contributed by atoms with Crippen molar-refractivity contribution in [2.24, 2.45) is 0 Å². The van der Waals surface area contributed by atoms with Crippen LogP contribution in [0.25, 0.3) is 0 Å². The molecule has 0 aliphatic rings. The second-order valence-electron chi connectivity index (χ2n) is 4.43. The second-order valence-corrected chi connectivity index (χ2v) is 5.43. The van der Waals surface area contributed by atoms with E-state index in [-0.39, 0.29) is 24.4 Å². The van der Waals surface area contributed by atoms with E-state index in [9.17, 15) is 4.79 Å². The van der Waals surface area contributed by atoms with Gasteiger partial charge in [0.05, 0.1) is 18.3 Å². The van der Waals surface area contributed by atoms with E-state index in [1.165, 1.54) is 16.9 Å². The van der Waals surface area contributed by atoms with Gasteiger partial charge in [-0.15, -0.1) is 12.4 Å². The fraction of sp³-hybridized carbons (Fsp3) is 0.333. The summed E-state index contributed by atoms with van der Waals surface area (Å²) in [5.41, 5.74) is 1.88. The molecule has 1 N–H and O–H groups in total. The number of anilines is 1. The molecule has 1 aromatic heterocycles. The summed E-state index contributed by atoms with van der Waals surface area (Å²) in [6, 6.07) is 10.3. The monoisotopic (exact) mass is 326 g/mol. The molecular formula is C15H19ClN2O2S. The van der Waals surface area contributed by atoms with E-state index in [0.717, 1.165) is 5.13 Å². The molecule has 0 aliphatic heterocycles. The molecule has 0 radical (unpaired) electrons. The van der Waals surface area contributed by atoms with E-state index >= 15 is 0 Å². The minimum Gasteiger partial charge on any atom is -0.462 e. The Morgan fingerprint density at radius 3 is 2.67 bits per heavy atom. The molecule has 114 valence electrons. The highest BCUT2D eigenvalue weighted by Gasteiger charge is 2.17. The van der Waals surface area contributed by atoms with Gasteiger partial charge in [0.25, 0.3) is 0 Å². The van der Waals surface area contributed by atoms with Crippen molar-refractivity contribution in [1.29, 1.82) is 0 Å². The zero-order valence-corrected chi connectivity index (χ0v) is 13.9. The number of carbonyl (C=O) groups is 1. The number of carbonyl (C=O) groups excluding carboxylic acids is 1. The number of esters is 1. The fourth-order valence-corrected chi connectivity index (χ4v) is 2.80. The van der Waals surface area contributed by atoms with Crippen LogP contribution in [0.5, 0.6) is 0 Å². The smallest absolute Gasteiger partial charge is 0.350 e. The number of aryl methyl sites for hydroxylation is 1. The molecule has 1 heterocycles. The molecule has 2 aromatic rings. The Kier molecular flexibility index (Phi) is 6.65. The van der Waals surface area contributed by atoms with Crippen molar-refractivity contribution in [3.05, 3.63) is 46.5 Å². The summed E-state index contributed by atoms with van der Waals surface area (Å²) < 4.78 is 5.02. The number of thiazole rings is 1. The number of rotatable bonds is 5. The summed E-state index contributed by atoms with van der Waals surface area (Å²) in [6.45, 7) is 6.06. The highest BCUT2D eigenvalue weighted by atomic mass is 35.5. The molecule has 1 aromatic carbocycles. The van der Waals surface area contributed by atoms with Gasteiger partial charge >= 0.3 is 5.97 Å². The summed E-state index contributed by atoms with van der Waals surface area (Å²) in [7, 11) is 0. The molecule has 1 unspecified atom stereocenters. The molecule has 0 bridgehead atoms. The topological polar surface area (TPSA) is 51.2 Å². The lowest BCUT2D eigenvalue weighted by molar-refractivity contribution is 0.0531. The number of benzene rings is 1. The lowest BCUT2D eigenvalue weighted by Gasteiger charge is -2.12. The Morgan fingerprint density at radius 1 is 1.38 bits per heavy atom. The largest absolute Gasteiger partial charge is 0.462 e. The minimum atomic E-state index is -0.303. The van der Waals surface area contributed by atoms with Crippen molar-refractivity contribution in [3.63, 3.8) is 0 Å². The summed E-state index contributed by atoms with van der Waals surface area (Å²) in [4.78, 5) is 16.7. The van der Waals surface area contributed by atoms with Crippen LogP contribution in [0.1, 0.15) is 40.8 Å². The lowest BCUT2D eigenvalue weighted by atomic mass is 10.1. The maximum absolute atomic E-state index is 11.8. The number of halogens is 1. The van der Waals surface area contributed by atoms with Crippen LogP contribution < -0.4 is 5.32 Å². The fourth-order valence-electron chi connectivity index (χ4n) is 1.85. The Morgan fingerprint density at radius 2 is 2.05 bits per heavy atom. The Hall–Kier alpha value is -1.59. The van der Waals surface area contributed by atoms with Crippen LogP contribution in [0.2, 0.25) is 0 Å². The van der Waals surface area contributed by atoms with Crippen LogP contribution in [0.4, 0.5) is 5.13 Å². The van der Waals surface area contributed by atoms with Crippen LogP contribution in [0.3, 0.4) is 0 Å². The zero-order valence-electron chi connectivity index (χ0n) is 12.3. The number of aromatic nitrogens is 1. The highest BCUT2D eigenvalue weighted by molar-refractivity contribution is 7.17. The van der Waals surface area contributed by atoms with Gasteiger partial charge in [-0.3, -0.25) is 0 Å². The van der Waals surface area contributed by atoms with Gasteiger partial charge in [-0.2, -0.15) is 0 Å². The van der Waals surface area contributed by atoms with E-state index in [4.69, 9.17) is 4.74 Å². The number of nitrogens with zero attached hydrogens (tertiary/aromatic N) is 1. The van der Waals surface area contributed by atoms with Crippen LogP contribution >= 0.6 is 23.7 Å². The van der Waals surface area contributed by atoms with Crippen molar-refractivity contribution in [2.45, 2.75) is 26.8 Å². The van der Waals surface area contributed by atoms with E-state index < -0.39 is 0 Å². The van der Waals surface area contributed by atoms with Gasteiger partial charge in [-0.1, -0.05) is 41.7 Å². The first-order valence-electron chi connectivity index (χ1n) is 6.57. The predicted molar refractivity (Wildman–Crippen MR) is 88.5 cm³/mol. The average molecular weight is 327 g/mol. The number of ether oxygens (including phenoxy) is 1. The van der Waals surface area contributed by atoms with Crippen LogP contribution in [0.15, 0.2) is 30.3 Å². The van der Waals surface area contributed by atoms with Gasteiger partial charge in [0.1, 0.15) is 4.88 Å². The number of nitrogens with one attached hydrogen (secondary N) is 1. The maximum atomic E-state index is 11.8. The lowest BCUT2D eigenvalue weighted by Crippen LogP contribution is -2.05. The first-order chi connectivity index (χ1) is 9.61. The molecule has 1 atom stereocenters. The van der Waals surface area contributed by atoms with E-state index in [2.05, 4.69) is 29.4 Å². The summed E-state index contributed by atoms with van der Waals surface area (Å²) >= 11 is 1.33. The van der Waals surface area contributed by atoms with Gasteiger partial charge in [0.15, 0.2) is 5.13 Å². The van der Waals surface area contributed by atoms with Gasteiger partial charge in [0, 0.05) is 0 Å². The molecule has 0 spiro atoms. The Labute approximate surface area is 135 Å². The van der Waals surface area contributed by atoms with Crippen molar-refractivity contribution in [1.82, 2.24) is 4.98 Å². The molecule has 2 rings (SSSR count). The minimum absolute atomic E-state index is 0. The maximum Gasteiger partial charge on any atom is 0.350 e. The van der Waals surface area contributed by atoms with E-state index in [1.54, 1.807) is 6.92 Å². The highest BCUT2D eigenvalue weighted by Crippen LogP contribution is 2.27. The number of hydrogen-bond acceptors (Lipinski definition) is 5. The molecule has 0 saturated heterocycles. The van der Waals surface area contributed by atoms with Gasteiger partial charge in [-0.25, -0.2) is 9.78 Å². The SMILES string of the molecule is CCOC(=O)c1sc(NC(C)c2ccccc2)nc1C.Cl. The van der Waals surface area contributed by atoms with Gasteiger partial charge in [0.2, 0.25) is 0 Å². The van der Waals surface area contributed by atoms with E-state index in [0.29, 0.717) is 17.2 Å². The standard InChI is InChI=1S/C15H18N2O2S.ClH/c1-4-19-14(18)13-11(3)17-15(20-13)16-10(2)12-8-6-5-7-9-12;/h5-10H,4H2,1-3H3,(H,16,17);1H. The van der Waals surface area contributed by atoms with Crippen molar-refractivity contribution >= 4 is 34.8 Å². The van der Waals surface area contributed by atoms with E-state index in [1.807, 2.05) is 25.1 Å². The molecular weight excluding hydrogens is 308 g/mol. The molecule has 0 aliphatic carbocycles. The average Bonchev–Trinajstić information content (AvgIpc) is 2.81. The first-order valence-corrected chi connectivity index (χ1v) is 7.39. The molecule has 0 saturated carbocycles. The van der Waals surface area contributed by atoms with Crippen LogP contribution in [-0.2, 0) is 4.74 Å². The molecule has 0 fully saturated rings. The Bertz CT molecular complexity index is 587.